The predicted octanol–water partition coefficient (Wildman–Crippen LogP) is 1.99. The van der Waals surface area contributed by atoms with Crippen molar-refractivity contribution in [1.29, 1.82) is 0 Å². The fraction of sp³-hybridized carbons (Fsp3) is 0.182. The molecule has 2 aromatic rings. The molecule has 0 amide bonds. The van der Waals surface area contributed by atoms with Crippen molar-refractivity contribution in [3.05, 3.63) is 35.1 Å². The van der Waals surface area contributed by atoms with Gasteiger partial charge in [0.15, 0.2) is 5.82 Å². The van der Waals surface area contributed by atoms with Crippen LogP contribution in [0.25, 0.3) is 11.5 Å². The van der Waals surface area contributed by atoms with Gasteiger partial charge in [-0.25, -0.2) is 4.79 Å². The quantitative estimate of drug-likeness (QED) is 0.892. The third kappa shape index (κ3) is 3.28. The minimum absolute atomic E-state index is 0.0105. The topological polar surface area (TPSA) is 85.5 Å². The van der Waals surface area contributed by atoms with E-state index in [1.807, 2.05) is 0 Å². The van der Waals surface area contributed by atoms with E-state index >= 15 is 0 Å². The maximum Gasteiger partial charge on any atom is 0.329 e. The number of aliphatic carboxylic acids is 1. The number of benzene rings is 1. The van der Waals surface area contributed by atoms with Crippen LogP contribution in [0.15, 0.2) is 28.8 Å². The maximum atomic E-state index is 10.2. The summed E-state index contributed by atoms with van der Waals surface area (Å²) in [5.74, 6) is -0.418. The van der Waals surface area contributed by atoms with Gasteiger partial charge >= 0.3 is 5.97 Å². The molecule has 0 spiro atoms. The van der Waals surface area contributed by atoms with Crippen LogP contribution in [0.5, 0.6) is 0 Å². The third-order valence-electron chi connectivity index (χ3n) is 2.02. The molecule has 0 bridgehead atoms. The van der Waals surface area contributed by atoms with E-state index in [1.54, 1.807) is 24.3 Å². The van der Waals surface area contributed by atoms with Gasteiger partial charge in [0.05, 0.1) is 0 Å². The number of halogens is 1. The molecule has 94 valence electrons. The van der Waals surface area contributed by atoms with E-state index < -0.39 is 12.6 Å². The van der Waals surface area contributed by atoms with Crippen LogP contribution in [-0.2, 0) is 16.1 Å². The number of ether oxygens (including phenoxy) is 1. The predicted molar refractivity (Wildman–Crippen MR) is 62.0 cm³/mol. The lowest BCUT2D eigenvalue weighted by atomic mass is 10.2. The van der Waals surface area contributed by atoms with E-state index in [9.17, 15) is 4.79 Å². The van der Waals surface area contributed by atoms with Crippen LogP contribution in [0, 0.1) is 0 Å². The molecule has 0 radical (unpaired) electrons. The molecule has 7 heteroatoms. The highest BCUT2D eigenvalue weighted by atomic mass is 35.5. The molecule has 0 aliphatic rings. The lowest BCUT2D eigenvalue weighted by molar-refractivity contribution is -0.142. The highest BCUT2D eigenvalue weighted by Gasteiger charge is 2.09. The third-order valence-corrected chi connectivity index (χ3v) is 2.27. The molecule has 0 saturated heterocycles. The van der Waals surface area contributed by atoms with E-state index in [0.717, 1.165) is 5.56 Å². The van der Waals surface area contributed by atoms with Gasteiger partial charge < -0.3 is 14.4 Å². The van der Waals surface area contributed by atoms with Crippen LogP contribution in [-0.4, -0.2) is 27.8 Å². The molecule has 0 aliphatic heterocycles. The van der Waals surface area contributed by atoms with Crippen LogP contribution in [0.3, 0.4) is 0 Å². The molecular weight excluding hydrogens is 260 g/mol. The summed E-state index contributed by atoms with van der Waals surface area (Å²) in [5.41, 5.74) is 0.733. The summed E-state index contributed by atoms with van der Waals surface area (Å²) in [5, 5.41) is 12.7. The number of rotatable bonds is 5. The summed E-state index contributed by atoms with van der Waals surface area (Å²) in [7, 11) is 0. The Labute approximate surface area is 107 Å². The Morgan fingerprint density at radius 3 is 2.78 bits per heavy atom. The zero-order chi connectivity index (χ0) is 13.0. The molecule has 1 aromatic carbocycles. The summed E-state index contributed by atoms with van der Waals surface area (Å²) in [4.78, 5) is 14.3. The molecule has 1 heterocycles. The Hall–Kier alpha value is -1.92. The van der Waals surface area contributed by atoms with Gasteiger partial charge in [0.2, 0.25) is 0 Å². The van der Waals surface area contributed by atoms with Crippen LogP contribution < -0.4 is 0 Å². The average molecular weight is 269 g/mol. The van der Waals surface area contributed by atoms with E-state index in [0.29, 0.717) is 16.7 Å². The second-order valence-corrected chi connectivity index (χ2v) is 3.85. The average Bonchev–Trinajstić information content (AvgIpc) is 2.78. The number of carbonyl (C=O) groups is 1. The fourth-order valence-electron chi connectivity index (χ4n) is 1.25. The largest absolute Gasteiger partial charge is 0.480 e. The molecule has 0 fully saturated rings. The van der Waals surface area contributed by atoms with Gasteiger partial charge in [-0.1, -0.05) is 16.8 Å². The number of nitrogens with zero attached hydrogens (tertiary/aromatic N) is 2. The summed E-state index contributed by atoms with van der Waals surface area (Å²) < 4.78 is 9.86. The molecule has 18 heavy (non-hydrogen) atoms. The first-order valence-corrected chi connectivity index (χ1v) is 5.41. The molecule has 1 N–H and O–H groups in total. The van der Waals surface area contributed by atoms with Crippen LogP contribution >= 0.6 is 11.6 Å². The van der Waals surface area contributed by atoms with E-state index in [-0.39, 0.29) is 6.61 Å². The van der Waals surface area contributed by atoms with E-state index in [1.165, 1.54) is 0 Å². The van der Waals surface area contributed by atoms with Crippen molar-refractivity contribution in [3.8, 4) is 11.5 Å². The standard InChI is InChI=1S/C11H9ClN2O4/c12-8-3-1-7(2-4-8)11-13-9(14-18-11)5-17-6-10(15)16/h1-4H,5-6H2,(H,15,16). The van der Waals surface area contributed by atoms with Crippen LogP contribution in [0.1, 0.15) is 5.82 Å². The molecular formula is C11H9ClN2O4. The first-order chi connectivity index (χ1) is 8.65. The van der Waals surface area contributed by atoms with Gasteiger partial charge in [0.1, 0.15) is 13.2 Å². The SMILES string of the molecule is O=C(O)COCc1noc(-c2ccc(Cl)cc2)n1. The Morgan fingerprint density at radius 2 is 2.11 bits per heavy atom. The van der Waals surface area contributed by atoms with Gasteiger partial charge in [0, 0.05) is 10.6 Å². The Bertz CT molecular complexity index is 538. The summed E-state index contributed by atoms with van der Waals surface area (Å²) in [6.45, 7) is -0.409. The second kappa shape index (κ2) is 5.61. The monoisotopic (exact) mass is 268 g/mol. The Morgan fingerprint density at radius 1 is 1.39 bits per heavy atom. The molecule has 0 unspecified atom stereocenters. The van der Waals surface area contributed by atoms with E-state index in [4.69, 9.17) is 26.0 Å². The Kier molecular flexibility index (Phi) is 3.91. The van der Waals surface area contributed by atoms with Gasteiger partial charge in [-0.3, -0.25) is 0 Å². The number of aromatic nitrogens is 2. The number of carboxylic acid groups (broad SMARTS) is 1. The van der Waals surface area contributed by atoms with Crippen molar-refractivity contribution >= 4 is 17.6 Å². The molecule has 0 atom stereocenters. The maximum absolute atomic E-state index is 10.2. The van der Waals surface area contributed by atoms with Crippen molar-refractivity contribution in [1.82, 2.24) is 10.1 Å². The number of carboxylic acids is 1. The van der Waals surface area contributed by atoms with Crippen LogP contribution in [0.2, 0.25) is 5.02 Å². The lowest BCUT2D eigenvalue weighted by Gasteiger charge is -1.94. The molecule has 2 rings (SSSR count). The number of hydrogen-bond donors (Lipinski definition) is 1. The van der Waals surface area contributed by atoms with Gasteiger partial charge in [0.25, 0.3) is 5.89 Å². The van der Waals surface area contributed by atoms with Crippen LogP contribution in [0.4, 0.5) is 0 Å². The highest BCUT2D eigenvalue weighted by molar-refractivity contribution is 6.30. The molecule has 6 nitrogen and oxygen atoms in total. The van der Waals surface area contributed by atoms with Gasteiger partial charge in [-0.05, 0) is 24.3 Å². The minimum Gasteiger partial charge on any atom is -0.480 e. The first-order valence-electron chi connectivity index (χ1n) is 5.03. The van der Waals surface area contributed by atoms with Gasteiger partial charge in [-0.2, -0.15) is 4.98 Å². The summed E-state index contributed by atoms with van der Waals surface area (Å²) in [6, 6.07) is 6.92. The molecule has 1 aromatic heterocycles. The normalized spacial score (nSPS) is 10.5. The minimum atomic E-state index is -1.04. The lowest BCUT2D eigenvalue weighted by Crippen LogP contribution is -2.07. The smallest absolute Gasteiger partial charge is 0.329 e. The van der Waals surface area contributed by atoms with Crippen molar-refractivity contribution in [2.24, 2.45) is 0 Å². The fourth-order valence-corrected chi connectivity index (χ4v) is 1.38. The van der Waals surface area contributed by atoms with Crippen molar-refractivity contribution in [2.45, 2.75) is 6.61 Å². The number of hydrogen-bond acceptors (Lipinski definition) is 5. The summed E-state index contributed by atoms with van der Waals surface area (Å²) >= 11 is 5.76. The van der Waals surface area contributed by atoms with Crippen molar-refractivity contribution < 1.29 is 19.2 Å². The first kappa shape index (κ1) is 12.5. The Balaban J connectivity index is 2.01. The molecule has 0 saturated carbocycles. The highest BCUT2D eigenvalue weighted by Crippen LogP contribution is 2.19. The van der Waals surface area contributed by atoms with Gasteiger partial charge in [-0.15, -0.1) is 0 Å². The second-order valence-electron chi connectivity index (χ2n) is 3.41. The van der Waals surface area contributed by atoms with E-state index in [2.05, 4.69) is 10.1 Å². The van der Waals surface area contributed by atoms with Crippen molar-refractivity contribution in [3.63, 3.8) is 0 Å². The van der Waals surface area contributed by atoms with Crippen molar-refractivity contribution in [2.75, 3.05) is 6.61 Å². The zero-order valence-electron chi connectivity index (χ0n) is 9.17. The zero-order valence-corrected chi connectivity index (χ0v) is 9.92. The summed E-state index contributed by atoms with van der Waals surface area (Å²) in [6.07, 6.45) is 0. The molecule has 0 aliphatic carbocycles.